The first-order chi connectivity index (χ1) is 15.2. The third kappa shape index (κ3) is 4.69. The molecule has 2 unspecified atom stereocenters. The highest BCUT2D eigenvalue weighted by atomic mass is 35.5. The monoisotopic (exact) mass is 473 g/mol. The molecule has 2 atom stereocenters. The molecule has 0 bridgehead atoms. The van der Waals surface area contributed by atoms with Crippen LogP contribution in [0.1, 0.15) is 33.6 Å². The van der Waals surface area contributed by atoms with Crippen molar-refractivity contribution in [1.82, 2.24) is 5.32 Å². The van der Waals surface area contributed by atoms with E-state index in [-0.39, 0.29) is 29.2 Å². The van der Waals surface area contributed by atoms with E-state index in [1.165, 1.54) is 17.5 Å². The first-order valence-electron chi connectivity index (χ1n) is 10.9. The second-order valence-corrected chi connectivity index (χ2v) is 13.9. The molecule has 1 N–H and O–H groups in total. The van der Waals surface area contributed by atoms with Crippen molar-refractivity contribution in [3.05, 3.63) is 60.7 Å². The van der Waals surface area contributed by atoms with Gasteiger partial charge in [-0.25, -0.2) is 0 Å². The molecule has 2 aromatic carbocycles. The number of hydrogen-bond donors (Lipinski definition) is 1. The van der Waals surface area contributed by atoms with Gasteiger partial charge in [-0.2, -0.15) is 0 Å². The second-order valence-electron chi connectivity index (χ2n) is 9.41. The number of ketones is 1. The average molecular weight is 474 g/mol. The van der Waals surface area contributed by atoms with E-state index in [9.17, 15) is 9.59 Å². The number of nitrogens with one attached hydrogen (secondary N) is 1. The predicted octanol–water partition coefficient (Wildman–Crippen LogP) is 3.03. The van der Waals surface area contributed by atoms with Crippen molar-refractivity contribution < 1.29 is 18.8 Å². The Hall–Kier alpha value is -1.99. The summed E-state index contributed by atoms with van der Waals surface area (Å²) < 4.78 is 12.2. The fourth-order valence-corrected chi connectivity index (χ4v) is 9.58. The molecule has 1 aliphatic heterocycles. The highest BCUT2D eigenvalue weighted by Gasteiger charge is 2.55. The number of ether oxygens (including phenoxy) is 1. The van der Waals surface area contributed by atoms with Gasteiger partial charge in [-0.05, 0) is 15.4 Å². The number of benzene rings is 2. The van der Waals surface area contributed by atoms with Crippen LogP contribution in [0.2, 0.25) is 5.04 Å². The Labute approximate surface area is 196 Å². The van der Waals surface area contributed by atoms with Gasteiger partial charge in [0.15, 0.2) is 0 Å². The molecule has 1 aliphatic rings. The molecule has 0 aromatic heterocycles. The van der Waals surface area contributed by atoms with Crippen LogP contribution in [0.25, 0.3) is 0 Å². The van der Waals surface area contributed by atoms with Crippen LogP contribution in [0.4, 0.5) is 0 Å². The number of carbonyl (C=O) groups is 2. The summed E-state index contributed by atoms with van der Waals surface area (Å²) in [4.78, 5) is 24.9. The second kappa shape index (κ2) is 9.87. The lowest BCUT2D eigenvalue weighted by Crippen LogP contribution is -2.67. The molecular weight excluding hydrogens is 442 g/mol. The molecule has 0 radical (unpaired) electrons. The maximum Gasteiger partial charge on any atom is 0.326 e. The lowest BCUT2D eigenvalue weighted by Gasteiger charge is -2.44. The molecule has 0 aliphatic carbocycles. The van der Waals surface area contributed by atoms with Crippen LogP contribution < -0.4 is 15.7 Å². The number of methoxy groups -OCH3 is 1. The lowest BCUT2D eigenvalue weighted by atomic mass is 9.91. The molecule has 3 rings (SSSR count). The fraction of sp³-hybridized carbons (Fsp3) is 0.440. The minimum atomic E-state index is -2.77. The van der Waals surface area contributed by atoms with Crippen molar-refractivity contribution in [2.24, 2.45) is 0 Å². The Morgan fingerprint density at radius 2 is 1.59 bits per heavy atom. The van der Waals surface area contributed by atoms with Gasteiger partial charge in [-0.3, -0.25) is 14.9 Å². The quantitative estimate of drug-likeness (QED) is 0.362. The third-order valence-corrected chi connectivity index (χ3v) is 11.6. The van der Waals surface area contributed by atoms with Gasteiger partial charge in [0, 0.05) is 19.4 Å². The predicted molar refractivity (Wildman–Crippen MR) is 130 cm³/mol. The number of esters is 1. The molecule has 0 amide bonds. The van der Waals surface area contributed by atoms with E-state index in [2.05, 4.69) is 50.4 Å². The Bertz CT molecular complexity index is 892. The molecule has 1 fully saturated rings. The van der Waals surface area contributed by atoms with E-state index >= 15 is 0 Å². The van der Waals surface area contributed by atoms with Crippen LogP contribution in [0.3, 0.4) is 0 Å². The van der Waals surface area contributed by atoms with E-state index in [0.717, 1.165) is 0 Å². The summed E-state index contributed by atoms with van der Waals surface area (Å²) in [6.45, 7) is 7.10. The number of alkyl halides is 1. The van der Waals surface area contributed by atoms with Crippen molar-refractivity contribution in [2.75, 3.05) is 19.5 Å². The maximum absolute atomic E-state index is 12.7. The van der Waals surface area contributed by atoms with Crippen molar-refractivity contribution >= 4 is 42.0 Å². The summed E-state index contributed by atoms with van der Waals surface area (Å²) in [5.41, 5.74) is -1.11. The SMILES string of the molecule is COC(=O)C1(CC(=O)CCl)CC(O[Si](c2ccccc2)(c2ccccc2)C(C)(C)C)CN1. The van der Waals surface area contributed by atoms with E-state index < -0.39 is 19.8 Å². The van der Waals surface area contributed by atoms with E-state index in [0.29, 0.717) is 13.0 Å². The van der Waals surface area contributed by atoms with Gasteiger partial charge in [-0.1, -0.05) is 81.4 Å². The summed E-state index contributed by atoms with van der Waals surface area (Å²) >= 11 is 5.75. The first kappa shape index (κ1) is 24.6. The van der Waals surface area contributed by atoms with Crippen LogP contribution in [0.15, 0.2) is 60.7 Å². The van der Waals surface area contributed by atoms with Crippen molar-refractivity contribution in [3.8, 4) is 0 Å². The fourth-order valence-electron chi connectivity index (χ4n) is 4.81. The summed E-state index contributed by atoms with van der Waals surface area (Å²) in [6.07, 6.45) is 0.0832. The topological polar surface area (TPSA) is 64.6 Å². The molecule has 0 spiro atoms. The zero-order valence-corrected chi connectivity index (χ0v) is 20.9. The average Bonchev–Trinajstić information content (AvgIpc) is 3.20. The van der Waals surface area contributed by atoms with Crippen LogP contribution in [0.5, 0.6) is 0 Å². The Kier molecular flexibility index (Phi) is 7.60. The summed E-state index contributed by atoms with van der Waals surface area (Å²) in [5, 5.41) is 5.42. The first-order valence-corrected chi connectivity index (χ1v) is 13.3. The van der Waals surface area contributed by atoms with Crippen LogP contribution >= 0.6 is 11.6 Å². The molecule has 2 aromatic rings. The number of halogens is 1. The maximum atomic E-state index is 12.7. The van der Waals surface area contributed by atoms with Gasteiger partial charge in [-0.15, -0.1) is 11.6 Å². The van der Waals surface area contributed by atoms with Crippen molar-refractivity contribution in [3.63, 3.8) is 0 Å². The highest BCUT2D eigenvalue weighted by Crippen LogP contribution is 2.39. The van der Waals surface area contributed by atoms with Crippen LogP contribution in [0, 0.1) is 0 Å². The van der Waals surface area contributed by atoms with Crippen LogP contribution in [-0.4, -0.2) is 51.2 Å². The largest absolute Gasteiger partial charge is 0.468 e. The number of Topliss-reactive ketones (excluding diaryl/α,β-unsaturated/α-hetero) is 1. The normalized spacial score (nSPS) is 21.3. The third-order valence-electron chi connectivity index (χ3n) is 6.23. The smallest absolute Gasteiger partial charge is 0.326 e. The van der Waals surface area contributed by atoms with Gasteiger partial charge >= 0.3 is 5.97 Å². The molecular formula is C25H32ClNO4Si. The lowest BCUT2D eigenvalue weighted by molar-refractivity contribution is -0.150. The standard InChI is InChI=1S/C25H32ClNO4Si/c1-24(2,3)32(21-11-7-5-8-12-21,22-13-9-6-10-14-22)31-20-16-25(27-18-20,23(29)30-4)15-19(28)17-26/h5-14,20,27H,15-18H2,1-4H3. The number of hydrogen-bond acceptors (Lipinski definition) is 5. The van der Waals surface area contributed by atoms with E-state index in [1.54, 1.807) is 0 Å². The van der Waals surface area contributed by atoms with Gasteiger partial charge in [0.05, 0.1) is 19.1 Å². The molecule has 1 saturated heterocycles. The highest BCUT2D eigenvalue weighted by molar-refractivity contribution is 6.99. The van der Waals surface area contributed by atoms with E-state index in [4.69, 9.17) is 20.8 Å². The van der Waals surface area contributed by atoms with Gasteiger partial charge in [0.25, 0.3) is 8.32 Å². The number of carbonyl (C=O) groups excluding carboxylic acids is 2. The van der Waals surface area contributed by atoms with Crippen molar-refractivity contribution in [2.45, 2.75) is 50.3 Å². The summed E-state index contributed by atoms with van der Waals surface area (Å²) in [7, 11) is -1.43. The Morgan fingerprint density at radius 3 is 2.03 bits per heavy atom. The number of rotatable bonds is 8. The van der Waals surface area contributed by atoms with E-state index in [1.807, 2.05) is 36.4 Å². The van der Waals surface area contributed by atoms with Gasteiger partial charge < -0.3 is 9.16 Å². The molecule has 5 nitrogen and oxygen atoms in total. The molecule has 172 valence electrons. The zero-order chi connectivity index (χ0) is 23.4. The zero-order valence-electron chi connectivity index (χ0n) is 19.2. The van der Waals surface area contributed by atoms with Gasteiger partial charge in [0.2, 0.25) is 0 Å². The minimum absolute atomic E-state index is 0.0101. The summed E-state index contributed by atoms with van der Waals surface area (Å²) in [5.74, 6) is -0.791. The Morgan fingerprint density at radius 1 is 1.06 bits per heavy atom. The molecule has 0 saturated carbocycles. The Balaban J connectivity index is 2.05. The molecule has 32 heavy (non-hydrogen) atoms. The minimum Gasteiger partial charge on any atom is -0.468 e. The van der Waals surface area contributed by atoms with Crippen LogP contribution in [-0.2, 0) is 18.8 Å². The van der Waals surface area contributed by atoms with Gasteiger partial charge in [0.1, 0.15) is 11.3 Å². The molecule has 1 heterocycles. The van der Waals surface area contributed by atoms with Crippen molar-refractivity contribution in [1.29, 1.82) is 0 Å². The molecule has 7 heteroatoms. The summed E-state index contributed by atoms with van der Waals surface area (Å²) in [6, 6.07) is 20.7.